The van der Waals surface area contributed by atoms with Crippen LogP contribution in [-0.4, -0.2) is 5.11 Å². The predicted molar refractivity (Wildman–Crippen MR) is 60.9 cm³/mol. The fourth-order valence-corrected chi connectivity index (χ4v) is 2.84. The van der Waals surface area contributed by atoms with Gasteiger partial charge in [0.25, 0.3) is 0 Å². The Hall–Kier alpha value is -0.540. The molecule has 0 radical (unpaired) electrons. The van der Waals surface area contributed by atoms with Crippen molar-refractivity contribution in [1.82, 2.24) is 0 Å². The zero-order valence-corrected chi connectivity index (χ0v) is 9.58. The van der Waals surface area contributed by atoms with Gasteiger partial charge in [0, 0.05) is 15.6 Å². The monoisotopic (exact) mass is 256 g/mol. The maximum atomic E-state index is 9.63. The zero-order chi connectivity index (χ0) is 9.42. The van der Waals surface area contributed by atoms with E-state index in [0.29, 0.717) is 5.75 Å². The summed E-state index contributed by atoms with van der Waals surface area (Å²) < 4.78 is 1.19. The van der Waals surface area contributed by atoms with E-state index in [1.165, 1.54) is 10.1 Å². The van der Waals surface area contributed by atoms with Gasteiger partial charge in [-0.15, -0.1) is 11.3 Å². The Morgan fingerprint density at radius 3 is 3.00 bits per heavy atom. The van der Waals surface area contributed by atoms with Crippen LogP contribution in [0, 0.1) is 6.92 Å². The summed E-state index contributed by atoms with van der Waals surface area (Å²) in [6.07, 6.45) is 0. The van der Waals surface area contributed by atoms with Crippen molar-refractivity contribution in [3.8, 4) is 5.75 Å². The second-order valence-electron chi connectivity index (χ2n) is 2.98. The Balaban J connectivity index is 2.87. The number of hydrogen-bond acceptors (Lipinski definition) is 2. The molecule has 0 fully saturated rings. The lowest BCUT2D eigenvalue weighted by Crippen LogP contribution is -1.82. The van der Waals surface area contributed by atoms with E-state index in [-0.39, 0.29) is 0 Å². The molecule has 0 saturated heterocycles. The maximum Gasteiger partial charge on any atom is 0.120 e. The molecule has 68 valence electrons. The second kappa shape index (κ2) is 3.31. The lowest BCUT2D eigenvalue weighted by Gasteiger charge is -2.04. The second-order valence-corrected chi connectivity index (χ2v) is 4.45. The maximum absolute atomic E-state index is 9.63. The molecule has 3 heteroatoms. The Morgan fingerprint density at radius 1 is 1.54 bits per heavy atom. The average Bonchev–Trinajstić information content (AvgIpc) is 2.60. The van der Waals surface area contributed by atoms with E-state index in [1.807, 2.05) is 13.0 Å². The lowest BCUT2D eigenvalue weighted by atomic mass is 10.1. The number of hydrogen-bond donors (Lipinski definition) is 1. The fourth-order valence-electron chi connectivity index (χ4n) is 1.43. The molecule has 0 saturated carbocycles. The minimum absolute atomic E-state index is 0.393. The van der Waals surface area contributed by atoms with Crippen LogP contribution in [0.2, 0.25) is 0 Å². The third kappa shape index (κ3) is 1.36. The highest BCUT2D eigenvalue weighted by Crippen LogP contribution is 2.34. The van der Waals surface area contributed by atoms with Crippen molar-refractivity contribution < 1.29 is 5.11 Å². The van der Waals surface area contributed by atoms with Gasteiger partial charge < -0.3 is 5.11 Å². The highest BCUT2D eigenvalue weighted by Gasteiger charge is 2.08. The number of phenols is 1. The minimum atomic E-state index is 0.393. The quantitative estimate of drug-likeness (QED) is 0.770. The van der Waals surface area contributed by atoms with Crippen LogP contribution in [-0.2, 0) is 5.33 Å². The van der Waals surface area contributed by atoms with Gasteiger partial charge in [0.2, 0.25) is 0 Å². The largest absolute Gasteiger partial charge is 0.508 e. The summed E-state index contributed by atoms with van der Waals surface area (Å²) in [7, 11) is 0. The molecule has 1 N–H and O–H groups in total. The third-order valence-electron chi connectivity index (χ3n) is 2.19. The van der Waals surface area contributed by atoms with E-state index in [4.69, 9.17) is 0 Å². The van der Waals surface area contributed by atoms with Gasteiger partial charge in [-0.3, -0.25) is 0 Å². The molecule has 0 unspecified atom stereocenters. The fraction of sp³-hybridized carbons (Fsp3) is 0.200. The van der Waals surface area contributed by atoms with Crippen LogP contribution in [0.15, 0.2) is 17.5 Å². The molecule has 0 spiro atoms. The van der Waals surface area contributed by atoms with Crippen molar-refractivity contribution in [3.05, 3.63) is 28.6 Å². The normalized spacial score (nSPS) is 10.9. The predicted octanol–water partition coefficient (Wildman–Crippen LogP) is 3.81. The number of rotatable bonds is 1. The molecule has 0 atom stereocenters. The molecule has 0 aliphatic rings. The van der Waals surface area contributed by atoms with E-state index in [9.17, 15) is 5.11 Å². The first-order valence-corrected chi connectivity index (χ1v) is 5.98. The van der Waals surface area contributed by atoms with Crippen molar-refractivity contribution in [1.29, 1.82) is 0 Å². The van der Waals surface area contributed by atoms with Crippen molar-refractivity contribution in [2.24, 2.45) is 0 Å². The number of aryl methyl sites for hydroxylation is 1. The average molecular weight is 257 g/mol. The number of aromatic hydroxyl groups is 1. The first-order chi connectivity index (χ1) is 6.24. The molecule has 2 aromatic rings. The van der Waals surface area contributed by atoms with Gasteiger partial charge in [-0.1, -0.05) is 15.9 Å². The lowest BCUT2D eigenvalue weighted by molar-refractivity contribution is 0.472. The molecule has 0 bridgehead atoms. The van der Waals surface area contributed by atoms with E-state index < -0.39 is 0 Å². The van der Waals surface area contributed by atoms with E-state index >= 15 is 0 Å². The Labute approximate surface area is 89.1 Å². The molecule has 0 amide bonds. The van der Waals surface area contributed by atoms with Gasteiger partial charge in [0.15, 0.2) is 0 Å². The van der Waals surface area contributed by atoms with E-state index in [1.54, 1.807) is 11.3 Å². The first-order valence-electron chi connectivity index (χ1n) is 3.98. The summed E-state index contributed by atoms with van der Waals surface area (Å²) in [4.78, 5) is 0. The molecule has 1 aromatic heterocycles. The minimum Gasteiger partial charge on any atom is -0.508 e. The molecular weight excluding hydrogens is 248 g/mol. The molecule has 13 heavy (non-hydrogen) atoms. The van der Waals surface area contributed by atoms with Crippen molar-refractivity contribution in [3.63, 3.8) is 0 Å². The van der Waals surface area contributed by atoms with Crippen LogP contribution >= 0.6 is 27.3 Å². The third-order valence-corrected chi connectivity index (χ3v) is 3.83. The SMILES string of the molecule is Cc1c(O)cc(CBr)c2ccsc12. The summed E-state index contributed by atoms with van der Waals surface area (Å²) in [6.45, 7) is 1.95. The highest BCUT2D eigenvalue weighted by atomic mass is 79.9. The highest BCUT2D eigenvalue weighted by molar-refractivity contribution is 9.08. The molecule has 1 nitrogen and oxygen atoms in total. The Kier molecular flexibility index (Phi) is 2.30. The summed E-state index contributed by atoms with van der Waals surface area (Å²) >= 11 is 5.09. The van der Waals surface area contributed by atoms with E-state index in [2.05, 4.69) is 27.4 Å². The molecule has 1 aromatic carbocycles. The Morgan fingerprint density at radius 2 is 2.31 bits per heavy atom. The van der Waals surface area contributed by atoms with Crippen LogP contribution in [0.3, 0.4) is 0 Å². The number of halogens is 1. The molecular formula is C10H9BrOS. The molecule has 0 aliphatic carbocycles. The van der Waals surface area contributed by atoms with Crippen LogP contribution in [0.4, 0.5) is 0 Å². The summed E-state index contributed by atoms with van der Waals surface area (Å²) in [5.41, 5.74) is 2.13. The topological polar surface area (TPSA) is 20.2 Å². The van der Waals surface area contributed by atoms with Gasteiger partial charge >= 0.3 is 0 Å². The number of benzene rings is 1. The van der Waals surface area contributed by atoms with E-state index in [0.717, 1.165) is 16.5 Å². The summed E-state index contributed by atoms with van der Waals surface area (Å²) in [5, 5.41) is 13.7. The number of phenolic OH excluding ortho intramolecular Hbond substituents is 1. The first kappa shape index (κ1) is 9.03. The summed E-state index contributed by atoms with van der Waals surface area (Å²) in [6, 6.07) is 3.93. The smallest absolute Gasteiger partial charge is 0.120 e. The molecule has 1 heterocycles. The van der Waals surface area contributed by atoms with Crippen LogP contribution in [0.1, 0.15) is 11.1 Å². The number of alkyl halides is 1. The van der Waals surface area contributed by atoms with Crippen molar-refractivity contribution >= 4 is 37.4 Å². The van der Waals surface area contributed by atoms with Crippen LogP contribution < -0.4 is 0 Å². The van der Waals surface area contributed by atoms with Crippen LogP contribution in [0.25, 0.3) is 10.1 Å². The summed E-state index contributed by atoms with van der Waals surface area (Å²) in [5.74, 6) is 0.393. The molecule has 0 aliphatic heterocycles. The van der Waals surface area contributed by atoms with Gasteiger partial charge in [0.05, 0.1) is 0 Å². The number of thiophene rings is 1. The Bertz CT molecular complexity index is 447. The molecule has 2 rings (SSSR count). The van der Waals surface area contributed by atoms with Gasteiger partial charge in [0.1, 0.15) is 5.75 Å². The standard InChI is InChI=1S/C10H9BrOS/c1-6-9(12)4-7(5-11)8-2-3-13-10(6)8/h2-4,12H,5H2,1H3. The van der Waals surface area contributed by atoms with Gasteiger partial charge in [-0.05, 0) is 35.4 Å². The van der Waals surface area contributed by atoms with Gasteiger partial charge in [-0.2, -0.15) is 0 Å². The van der Waals surface area contributed by atoms with Gasteiger partial charge in [-0.25, -0.2) is 0 Å². The van der Waals surface area contributed by atoms with Crippen LogP contribution in [0.5, 0.6) is 5.75 Å². The van der Waals surface area contributed by atoms with Crippen molar-refractivity contribution in [2.75, 3.05) is 0 Å². The van der Waals surface area contributed by atoms with Crippen molar-refractivity contribution in [2.45, 2.75) is 12.3 Å². The zero-order valence-electron chi connectivity index (χ0n) is 7.17. The number of fused-ring (bicyclic) bond motifs is 1.